The minimum Gasteiger partial charge on any atom is -0.438 e. The lowest BCUT2D eigenvalue weighted by molar-refractivity contribution is -0.137. The third kappa shape index (κ3) is 6.85. The molecule has 194 valence electrons. The number of amides is 2. The van der Waals surface area contributed by atoms with Gasteiger partial charge >= 0.3 is 6.18 Å². The minimum atomic E-state index is -4.57. The molecule has 0 spiro atoms. The first-order chi connectivity index (χ1) is 17.7. The average molecular weight is 513 g/mol. The van der Waals surface area contributed by atoms with Crippen LogP contribution < -0.4 is 10.1 Å². The lowest BCUT2D eigenvalue weighted by atomic mass is 10.1. The van der Waals surface area contributed by atoms with Crippen LogP contribution in [0, 0.1) is 6.92 Å². The molecule has 1 aliphatic heterocycles. The molecule has 1 N–H and O–H groups in total. The second-order valence-corrected chi connectivity index (χ2v) is 8.78. The van der Waals surface area contributed by atoms with E-state index in [2.05, 4.69) is 10.3 Å². The van der Waals surface area contributed by atoms with E-state index >= 15 is 0 Å². The van der Waals surface area contributed by atoms with Crippen molar-refractivity contribution in [3.63, 3.8) is 0 Å². The number of para-hydroxylation sites is 1. The van der Waals surface area contributed by atoms with Crippen molar-refractivity contribution in [1.29, 1.82) is 0 Å². The van der Waals surface area contributed by atoms with Gasteiger partial charge < -0.3 is 15.0 Å². The lowest BCUT2D eigenvalue weighted by Gasteiger charge is -2.22. The number of rotatable bonds is 6. The summed E-state index contributed by atoms with van der Waals surface area (Å²) >= 11 is 0. The summed E-state index contributed by atoms with van der Waals surface area (Å²) in [7, 11) is 0. The summed E-state index contributed by atoms with van der Waals surface area (Å²) in [6.45, 7) is 3.62. The van der Waals surface area contributed by atoms with Gasteiger partial charge in [-0.15, -0.1) is 0 Å². The van der Waals surface area contributed by atoms with Crippen molar-refractivity contribution in [3.05, 3.63) is 83.6 Å². The maximum atomic E-state index is 13.3. The Morgan fingerprint density at radius 3 is 2.49 bits per heavy atom. The number of hydrogen-bond donors (Lipinski definition) is 1. The molecule has 0 radical (unpaired) electrons. The molecule has 1 aliphatic rings. The Labute approximate surface area is 212 Å². The van der Waals surface area contributed by atoms with Crippen molar-refractivity contribution in [3.8, 4) is 11.6 Å². The van der Waals surface area contributed by atoms with Gasteiger partial charge in [0.15, 0.2) is 0 Å². The quantitative estimate of drug-likeness (QED) is 0.504. The molecule has 4 rings (SSSR count). The summed E-state index contributed by atoms with van der Waals surface area (Å²) < 4.78 is 45.5. The number of nitrogens with zero attached hydrogens (tertiary/aromatic N) is 3. The van der Waals surface area contributed by atoms with Gasteiger partial charge in [-0.05, 0) is 49.7 Å². The third-order valence-corrected chi connectivity index (χ3v) is 5.99. The highest BCUT2D eigenvalue weighted by atomic mass is 19.4. The van der Waals surface area contributed by atoms with Crippen LogP contribution in [0.4, 0.5) is 18.9 Å². The molecule has 2 amide bonds. The molecule has 2 aromatic carbocycles. The van der Waals surface area contributed by atoms with Crippen LogP contribution in [0.15, 0.2) is 66.9 Å². The van der Waals surface area contributed by atoms with Crippen LogP contribution in [0.1, 0.15) is 27.9 Å². The zero-order chi connectivity index (χ0) is 26.4. The van der Waals surface area contributed by atoms with Crippen LogP contribution in [0.3, 0.4) is 0 Å². The summed E-state index contributed by atoms with van der Waals surface area (Å²) in [6.07, 6.45) is -2.41. The van der Waals surface area contributed by atoms with Crippen molar-refractivity contribution < 1.29 is 27.5 Å². The maximum Gasteiger partial charge on any atom is 0.418 e. The van der Waals surface area contributed by atoms with Gasteiger partial charge in [-0.2, -0.15) is 13.2 Å². The van der Waals surface area contributed by atoms with Gasteiger partial charge in [0.05, 0.1) is 17.8 Å². The van der Waals surface area contributed by atoms with E-state index in [9.17, 15) is 22.8 Å². The predicted molar refractivity (Wildman–Crippen MR) is 133 cm³/mol. The van der Waals surface area contributed by atoms with Crippen LogP contribution in [0.25, 0.3) is 0 Å². The molecule has 0 bridgehead atoms. The van der Waals surface area contributed by atoms with E-state index in [1.54, 1.807) is 35.4 Å². The van der Waals surface area contributed by atoms with Crippen molar-refractivity contribution >= 4 is 17.5 Å². The predicted octanol–water partition coefficient (Wildman–Crippen LogP) is 4.99. The zero-order valence-corrected chi connectivity index (χ0v) is 20.3. The Balaban J connectivity index is 1.37. The van der Waals surface area contributed by atoms with Crippen LogP contribution >= 0.6 is 0 Å². The number of pyridine rings is 1. The standard InChI is InChI=1S/C27H27F3N4O3/c1-19-9-11-20(12-10-19)37-25-21(6-4-13-31-25)26(36)34-15-5-14-33(16-17-34)18-24(35)32-23-8-3-2-7-22(23)27(28,29)30/h2-4,6-13H,5,14-18H2,1H3,(H,32,35). The number of carbonyl (C=O) groups is 2. The molecule has 7 nitrogen and oxygen atoms in total. The lowest BCUT2D eigenvalue weighted by Crippen LogP contribution is -2.38. The molecule has 0 unspecified atom stereocenters. The van der Waals surface area contributed by atoms with E-state index in [4.69, 9.17) is 4.74 Å². The Morgan fingerprint density at radius 2 is 1.73 bits per heavy atom. The highest BCUT2D eigenvalue weighted by Gasteiger charge is 2.33. The SMILES string of the molecule is Cc1ccc(Oc2ncccc2C(=O)N2CCCN(CC(=O)Nc3ccccc3C(F)(F)F)CC2)cc1. The summed E-state index contributed by atoms with van der Waals surface area (Å²) in [5, 5.41) is 2.37. The van der Waals surface area contributed by atoms with E-state index in [-0.39, 0.29) is 24.0 Å². The normalized spacial score (nSPS) is 14.6. The van der Waals surface area contributed by atoms with E-state index < -0.39 is 17.6 Å². The molecule has 0 aliphatic carbocycles. The van der Waals surface area contributed by atoms with E-state index in [0.29, 0.717) is 43.9 Å². The number of carbonyl (C=O) groups excluding carboxylic acids is 2. The number of aryl methyl sites for hydroxylation is 1. The number of aromatic nitrogens is 1. The number of nitrogens with one attached hydrogen (secondary N) is 1. The molecule has 2 heterocycles. The van der Waals surface area contributed by atoms with E-state index in [1.165, 1.54) is 18.2 Å². The van der Waals surface area contributed by atoms with Crippen LogP contribution in [-0.4, -0.2) is 59.3 Å². The van der Waals surface area contributed by atoms with Crippen LogP contribution in [0.5, 0.6) is 11.6 Å². The van der Waals surface area contributed by atoms with Gasteiger partial charge in [-0.25, -0.2) is 4.98 Å². The minimum absolute atomic E-state index is 0.0805. The Hall–Kier alpha value is -3.92. The topological polar surface area (TPSA) is 74.8 Å². The van der Waals surface area contributed by atoms with Crippen LogP contribution in [-0.2, 0) is 11.0 Å². The molecule has 0 atom stereocenters. The molecule has 3 aromatic rings. The summed E-state index contributed by atoms with van der Waals surface area (Å²) in [6, 6.07) is 15.6. The molecule has 37 heavy (non-hydrogen) atoms. The second kappa shape index (κ2) is 11.4. The molecule has 1 saturated heterocycles. The molecule has 1 fully saturated rings. The van der Waals surface area contributed by atoms with Gasteiger partial charge in [-0.3, -0.25) is 14.5 Å². The van der Waals surface area contributed by atoms with Crippen molar-refractivity contribution in [2.24, 2.45) is 0 Å². The fraction of sp³-hybridized carbons (Fsp3) is 0.296. The first kappa shape index (κ1) is 26.2. The number of anilines is 1. The highest BCUT2D eigenvalue weighted by Crippen LogP contribution is 2.34. The molecular formula is C27H27F3N4O3. The maximum absolute atomic E-state index is 13.3. The van der Waals surface area contributed by atoms with Crippen molar-refractivity contribution in [1.82, 2.24) is 14.8 Å². The van der Waals surface area contributed by atoms with Gasteiger partial charge in [0.25, 0.3) is 5.91 Å². The van der Waals surface area contributed by atoms with Gasteiger partial charge in [0.2, 0.25) is 11.8 Å². The number of hydrogen-bond acceptors (Lipinski definition) is 5. The Bertz CT molecular complexity index is 1250. The molecular weight excluding hydrogens is 485 g/mol. The monoisotopic (exact) mass is 512 g/mol. The summed E-state index contributed by atoms with van der Waals surface area (Å²) in [5.74, 6) is -0.00296. The number of ether oxygens (including phenoxy) is 1. The largest absolute Gasteiger partial charge is 0.438 e. The molecule has 1 aromatic heterocycles. The Kier molecular flexibility index (Phi) is 8.08. The smallest absolute Gasteiger partial charge is 0.418 e. The highest BCUT2D eigenvalue weighted by molar-refractivity contribution is 5.96. The van der Waals surface area contributed by atoms with E-state index in [1.807, 2.05) is 24.0 Å². The van der Waals surface area contributed by atoms with E-state index in [0.717, 1.165) is 11.6 Å². The zero-order valence-electron chi connectivity index (χ0n) is 20.3. The first-order valence-corrected chi connectivity index (χ1v) is 11.9. The fourth-order valence-electron chi connectivity index (χ4n) is 4.09. The van der Waals surface area contributed by atoms with Gasteiger partial charge in [0.1, 0.15) is 11.3 Å². The second-order valence-electron chi connectivity index (χ2n) is 8.78. The van der Waals surface area contributed by atoms with Crippen LogP contribution in [0.2, 0.25) is 0 Å². The van der Waals surface area contributed by atoms with Crippen molar-refractivity contribution in [2.75, 3.05) is 38.0 Å². The molecule has 0 saturated carbocycles. The van der Waals surface area contributed by atoms with Gasteiger partial charge in [-0.1, -0.05) is 29.8 Å². The first-order valence-electron chi connectivity index (χ1n) is 11.9. The number of halogens is 3. The third-order valence-electron chi connectivity index (χ3n) is 5.99. The number of alkyl halides is 3. The Morgan fingerprint density at radius 1 is 0.973 bits per heavy atom. The average Bonchev–Trinajstić information content (AvgIpc) is 3.10. The fourth-order valence-corrected chi connectivity index (χ4v) is 4.09. The summed E-state index contributed by atoms with van der Waals surface area (Å²) in [4.78, 5) is 33.6. The summed E-state index contributed by atoms with van der Waals surface area (Å²) in [5.41, 5.74) is 0.246. The van der Waals surface area contributed by atoms with Crippen molar-refractivity contribution in [2.45, 2.75) is 19.5 Å². The van der Waals surface area contributed by atoms with Gasteiger partial charge in [0, 0.05) is 32.4 Å². The molecule has 10 heteroatoms. The number of benzene rings is 2.